The zero-order chi connectivity index (χ0) is 18.4. The number of fused-ring (bicyclic) bond motifs is 1. The lowest BCUT2D eigenvalue weighted by Gasteiger charge is -2.29. The second-order valence-corrected chi connectivity index (χ2v) is 6.99. The van der Waals surface area contributed by atoms with Gasteiger partial charge in [-0.3, -0.25) is 10.2 Å². The Morgan fingerprint density at radius 1 is 1.35 bits per heavy atom. The molecule has 0 aromatic heterocycles. The number of benzene rings is 1. The van der Waals surface area contributed by atoms with Gasteiger partial charge in [0.15, 0.2) is 6.21 Å². The topological polar surface area (TPSA) is 99.2 Å². The summed E-state index contributed by atoms with van der Waals surface area (Å²) in [5, 5.41) is 8.14. The number of hydrogen-bond donors (Lipinski definition) is 3. The average Bonchev–Trinajstić information content (AvgIpc) is 3.14. The number of rotatable bonds is 7. The molecule has 1 aliphatic heterocycles. The van der Waals surface area contributed by atoms with E-state index in [2.05, 4.69) is 23.5 Å². The van der Waals surface area contributed by atoms with Crippen molar-refractivity contribution in [3.8, 4) is 5.75 Å². The first kappa shape index (κ1) is 18.5. The van der Waals surface area contributed by atoms with E-state index in [-0.39, 0.29) is 17.6 Å². The number of nitrogens with two attached hydrogens (primary N) is 2. The number of aryl methyl sites for hydroxylation is 2. The molecule has 0 spiro atoms. The Balaban J connectivity index is 1.37. The maximum absolute atomic E-state index is 11.8. The van der Waals surface area contributed by atoms with E-state index in [0.29, 0.717) is 25.7 Å². The number of ether oxygens (including phenoxy) is 2. The summed E-state index contributed by atoms with van der Waals surface area (Å²) in [4.78, 5) is 11.8. The summed E-state index contributed by atoms with van der Waals surface area (Å²) >= 11 is 0. The van der Waals surface area contributed by atoms with Crippen LogP contribution in [0.1, 0.15) is 30.4 Å². The molecule has 2 aliphatic rings. The Morgan fingerprint density at radius 3 is 2.92 bits per heavy atom. The van der Waals surface area contributed by atoms with Crippen molar-refractivity contribution in [3.05, 3.63) is 41.1 Å². The second-order valence-electron chi connectivity index (χ2n) is 6.99. The molecule has 6 nitrogen and oxygen atoms in total. The molecule has 1 fully saturated rings. The zero-order valence-corrected chi connectivity index (χ0v) is 15.1. The predicted molar refractivity (Wildman–Crippen MR) is 99.7 cm³/mol. The molecule has 1 aromatic rings. The molecule has 26 heavy (non-hydrogen) atoms. The van der Waals surface area contributed by atoms with Gasteiger partial charge in [0.1, 0.15) is 11.3 Å². The first-order valence-corrected chi connectivity index (χ1v) is 9.31. The predicted octanol–water partition coefficient (Wildman–Crippen LogP) is 0.138. The van der Waals surface area contributed by atoms with Crippen molar-refractivity contribution in [2.75, 3.05) is 19.8 Å². The van der Waals surface area contributed by atoms with E-state index in [0.717, 1.165) is 25.0 Å². The normalized spacial score (nSPS) is 22.5. The van der Waals surface area contributed by atoms with Gasteiger partial charge in [-0.2, -0.15) is 0 Å². The minimum Gasteiger partial charge on any atom is -0.493 e. The summed E-state index contributed by atoms with van der Waals surface area (Å²) in [6.07, 6.45) is 7.93. The Bertz CT molecular complexity index is 679. The summed E-state index contributed by atoms with van der Waals surface area (Å²) in [5.41, 5.74) is 8.50. The molecule has 5 N–H and O–H groups in total. The fraction of sp³-hybridized carbons (Fsp3) is 0.500. The Morgan fingerprint density at radius 2 is 2.19 bits per heavy atom. The third kappa shape index (κ3) is 4.64. The minimum absolute atomic E-state index is 0.0204. The molecule has 1 heterocycles. The van der Waals surface area contributed by atoms with Crippen molar-refractivity contribution in [1.29, 1.82) is 0 Å². The SMILES string of the molecule is NC=C(C=[NH2+])C(=O)NCC1CCC(COc2ccc3c(c2)CCC3)CO1. The molecule has 0 saturated carbocycles. The van der Waals surface area contributed by atoms with Gasteiger partial charge < -0.3 is 20.5 Å². The zero-order valence-electron chi connectivity index (χ0n) is 15.1. The van der Waals surface area contributed by atoms with Crippen LogP contribution in [-0.4, -0.2) is 38.0 Å². The molecular weight excluding hydrogens is 330 g/mol. The van der Waals surface area contributed by atoms with Gasteiger partial charge in [0, 0.05) is 18.7 Å². The highest BCUT2D eigenvalue weighted by Gasteiger charge is 2.23. The standard InChI is InChI=1S/C20H27N3O3/c21-9-17(10-22)20(24)23-11-19-6-4-14(13-26-19)12-25-18-7-5-15-2-1-3-16(15)8-18/h5,7-10,14,19,21H,1-4,6,11-13,22H2,(H,23,24)/p+1. The van der Waals surface area contributed by atoms with Gasteiger partial charge in [-0.05, 0) is 55.4 Å². The minimum atomic E-state index is -0.277. The Hall–Kier alpha value is -2.34. The van der Waals surface area contributed by atoms with Crippen molar-refractivity contribution in [2.24, 2.45) is 11.7 Å². The highest BCUT2D eigenvalue weighted by Crippen LogP contribution is 2.27. The van der Waals surface area contributed by atoms with Gasteiger partial charge in [-0.25, -0.2) is 0 Å². The molecule has 140 valence electrons. The summed E-state index contributed by atoms with van der Waals surface area (Å²) < 4.78 is 11.8. The summed E-state index contributed by atoms with van der Waals surface area (Å²) in [7, 11) is 0. The average molecular weight is 358 g/mol. The van der Waals surface area contributed by atoms with Crippen LogP contribution in [0.25, 0.3) is 0 Å². The van der Waals surface area contributed by atoms with E-state index in [1.165, 1.54) is 36.4 Å². The van der Waals surface area contributed by atoms with E-state index in [1.54, 1.807) is 0 Å². The highest BCUT2D eigenvalue weighted by atomic mass is 16.5. The third-order valence-electron chi connectivity index (χ3n) is 5.13. The van der Waals surface area contributed by atoms with E-state index >= 15 is 0 Å². The molecule has 1 saturated heterocycles. The quantitative estimate of drug-likeness (QED) is 0.477. The summed E-state index contributed by atoms with van der Waals surface area (Å²) in [5.74, 6) is 1.06. The fourth-order valence-electron chi connectivity index (χ4n) is 3.52. The smallest absolute Gasteiger partial charge is 0.258 e. The third-order valence-corrected chi connectivity index (χ3v) is 5.13. The van der Waals surface area contributed by atoms with Gasteiger partial charge in [0.25, 0.3) is 5.91 Å². The second kappa shape index (κ2) is 8.85. The lowest BCUT2D eigenvalue weighted by Crippen LogP contribution is -2.41. The van der Waals surface area contributed by atoms with Crippen molar-refractivity contribution in [1.82, 2.24) is 5.32 Å². The van der Waals surface area contributed by atoms with Gasteiger partial charge in [-0.15, -0.1) is 0 Å². The van der Waals surface area contributed by atoms with Crippen LogP contribution in [0.4, 0.5) is 0 Å². The number of amides is 1. The van der Waals surface area contributed by atoms with Crippen LogP contribution in [0.5, 0.6) is 5.75 Å². The van der Waals surface area contributed by atoms with Gasteiger partial charge >= 0.3 is 0 Å². The van der Waals surface area contributed by atoms with E-state index in [9.17, 15) is 4.79 Å². The van der Waals surface area contributed by atoms with Crippen molar-refractivity contribution >= 4 is 12.1 Å². The number of carbonyl (C=O) groups excluding carboxylic acids is 1. The van der Waals surface area contributed by atoms with Crippen molar-refractivity contribution in [3.63, 3.8) is 0 Å². The molecule has 0 radical (unpaired) electrons. The fourth-order valence-corrected chi connectivity index (χ4v) is 3.52. The maximum Gasteiger partial charge on any atom is 0.258 e. The number of nitrogens with one attached hydrogen (secondary N) is 1. The summed E-state index contributed by atoms with van der Waals surface area (Å²) in [6, 6.07) is 6.45. The lowest BCUT2D eigenvalue weighted by atomic mass is 9.99. The first-order chi connectivity index (χ1) is 12.7. The summed E-state index contributed by atoms with van der Waals surface area (Å²) in [6.45, 7) is 1.77. The van der Waals surface area contributed by atoms with Crippen molar-refractivity contribution < 1.29 is 19.7 Å². The molecule has 1 aliphatic carbocycles. The molecule has 6 heteroatoms. The van der Waals surface area contributed by atoms with E-state index in [4.69, 9.17) is 20.6 Å². The maximum atomic E-state index is 11.8. The number of carbonyl (C=O) groups is 1. The van der Waals surface area contributed by atoms with E-state index < -0.39 is 0 Å². The first-order valence-electron chi connectivity index (χ1n) is 9.31. The van der Waals surface area contributed by atoms with Gasteiger partial charge in [0.05, 0.1) is 19.3 Å². The van der Waals surface area contributed by atoms with Crippen LogP contribution < -0.4 is 21.2 Å². The molecular formula is C20H28N3O3+. The molecule has 1 aromatic carbocycles. The van der Waals surface area contributed by atoms with E-state index in [1.807, 2.05) is 0 Å². The van der Waals surface area contributed by atoms with Crippen LogP contribution in [0.3, 0.4) is 0 Å². The highest BCUT2D eigenvalue weighted by molar-refractivity contribution is 6.10. The van der Waals surface area contributed by atoms with Crippen LogP contribution in [0, 0.1) is 5.92 Å². The van der Waals surface area contributed by atoms with Gasteiger partial charge in [0.2, 0.25) is 0 Å². The van der Waals surface area contributed by atoms with Crippen molar-refractivity contribution in [2.45, 2.75) is 38.2 Å². The van der Waals surface area contributed by atoms with Crippen LogP contribution in [0.2, 0.25) is 0 Å². The Labute approximate surface area is 154 Å². The van der Waals surface area contributed by atoms with Crippen LogP contribution >= 0.6 is 0 Å². The monoisotopic (exact) mass is 358 g/mol. The lowest BCUT2D eigenvalue weighted by molar-refractivity contribution is -0.120. The van der Waals surface area contributed by atoms with Gasteiger partial charge in [-0.1, -0.05) is 6.07 Å². The number of hydrogen-bond acceptors (Lipinski definition) is 4. The molecule has 0 bridgehead atoms. The van der Waals surface area contributed by atoms with Crippen LogP contribution in [-0.2, 0) is 22.4 Å². The molecule has 3 rings (SSSR count). The molecule has 2 unspecified atom stereocenters. The largest absolute Gasteiger partial charge is 0.493 e. The molecule has 1 amide bonds. The Kier molecular flexibility index (Phi) is 6.28. The van der Waals surface area contributed by atoms with Crippen LogP contribution in [0.15, 0.2) is 30.0 Å². The molecule has 2 atom stereocenters.